The largest absolute Gasteiger partial charge is 0.369 e. The third kappa shape index (κ3) is 2.86. The van der Waals surface area contributed by atoms with E-state index in [2.05, 4.69) is 27.2 Å². The summed E-state index contributed by atoms with van der Waals surface area (Å²) >= 11 is 0. The number of benzene rings is 1. The molecule has 0 atom stereocenters. The van der Waals surface area contributed by atoms with E-state index < -0.39 is 0 Å². The number of fused-ring (bicyclic) bond motifs is 1. The number of hydrogen-bond acceptors (Lipinski definition) is 3. The first-order valence-corrected chi connectivity index (χ1v) is 7.33. The van der Waals surface area contributed by atoms with E-state index in [0.29, 0.717) is 0 Å². The van der Waals surface area contributed by atoms with Crippen molar-refractivity contribution in [1.29, 1.82) is 0 Å². The van der Waals surface area contributed by atoms with E-state index in [1.54, 1.807) is 0 Å². The van der Waals surface area contributed by atoms with Crippen molar-refractivity contribution in [2.24, 2.45) is 10.7 Å². The molecule has 0 unspecified atom stereocenters. The number of aliphatic imine (C=N–C) groups is 1. The van der Waals surface area contributed by atoms with Gasteiger partial charge in [0.1, 0.15) is 0 Å². The molecule has 6 nitrogen and oxygen atoms in total. The highest BCUT2D eigenvalue weighted by atomic mass is 16.1. The number of anilines is 1. The summed E-state index contributed by atoms with van der Waals surface area (Å²) in [5, 5.41) is 3.01. The first-order chi connectivity index (χ1) is 10.5. The molecule has 0 saturated carbocycles. The predicted octanol–water partition coefficient (Wildman–Crippen LogP) is 1.93. The number of nitrogens with zero attached hydrogens (tertiary/aromatic N) is 2. The molecular weight excluding hydrogens is 278 g/mol. The number of hydrogen-bond donors (Lipinski definition) is 3. The number of nitrogens with one attached hydrogen (secondary N) is 2. The van der Waals surface area contributed by atoms with Crippen molar-refractivity contribution in [2.45, 2.75) is 33.1 Å². The van der Waals surface area contributed by atoms with Crippen LogP contribution in [0.25, 0.3) is 0 Å². The van der Waals surface area contributed by atoms with E-state index in [9.17, 15) is 4.79 Å². The standard InChI is InChI=1S/C16H19N5O/c1-9-6-7-11(8-10(9)2)18-15(17)21-16-19-13-5-3-4-12(13)14(22)20-16/h6-8H,3-5H2,1-2H3,(H4,17,18,19,20,21,22). The molecule has 114 valence electrons. The summed E-state index contributed by atoms with van der Waals surface area (Å²) in [6.07, 6.45) is 2.58. The fourth-order valence-corrected chi connectivity index (χ4v) is 2.59. The smallest absolute Gasteiger partial charge is 0.255 e. The summed E-state index contributed by atoms with van der Waals surface area (Å²) in [5.41, 5.74) is 10.6. The van der Waals surface area contributed by atoms with Gasteiger partial charge in [0.25, 0.3) is 5.56 Å². The molecule has 1 aromatic carbocycles. The number of rotatable bonds is 2. The van der Waals surface area contributed by atoms with Crippen molar-refractivity contribution in [1.82, 2.24) is 9.97 Å². The van der Waals surface area contributed by atoms with E-state index in [-0.39, 0.29) is 17.5 Å². The lowest BCUT2D eigenvalue weighted by molar-refractivity contribution is 0.898. The van der Waals surface area contributed by atoms with Gasteiger partial charge in [-0.25, -0.2) is 4.98 Å². The normalized spacial score (nSPS) is 14.0. The molecule has 0 saturated heterocycles. The monoisotopic (exact) mass is 297 g/mol. The molecule has 3 rings (SSSR count). The Hall–Kier alpha value is -2.63. The minimum absolute atomic E-state index is 0.111. The van der Waals surface area contributed by atoms with Gasteiger partial charge in [-0.3, -0.25) is 9.78 Å². The lowest BCUT2D eigenvalue weighted by Gasteiger charge is -2.08. The van der Waals surface area contributed by atoms with E-state index in [1.807, 2.05) is 25.1 Å². The quantitative estimate of drug-likeness (QED) is 0.583. The molecule has 2 aromatic rings. The van der Waals surface area contributed by atoms with Gasteiger partial charge in [-0.2, -0.15) is 4.99 Å². The lowest BCUT2D eigenvalue weighted by Crippen LogP contribution is -2.23. The fraction of sp³-hybridized carbons (Fsp3) is 0.312. The van der Waals surface area contributed by atoms with Gasteiger partial charge >= 0.3 is 0 Å². The van der Waals surface area contributed by atoms with Gasteiger partial charge in [0.2, 0.25) is 11.9 Å². The van der Waals surface area contributed by atoms with Crippen LogP contribution >= 0.6 is 0 Å². The maximum absolute atomic E-state index is 11.9. The summed E-state index contributed by atoms with van der Waals surface area (Å²) in [4.78, 5) is 23.1. The van der Waals surface area contributed by atoms with Crippen molar-refractivity contribution in [2.75, 3.05) is 5.32 Å². The molecule has 22 heavy (non-hydrogen) atoms. The van der Waals surface area contributed by atoms with Crippen molar-refractivity contribution in [3.63, 3.8) is 0 Å². The third-order valence-electron chi connectivity index (χ3n) is 3.93. The van der Waals surface area contributed by atoms with Crippen LogP contribution in [0.4, 0.5) is 11.6 Å². The van der Waals surface area contributed by atoms with E-state index >= 15 is 0 Å². The molecule has 1 aliphatic rings. The maximum Gasteiger partial charge on any atom is 0.255 e. The Morgan fingerprint density at radius 3 is 2.91 bits per heavy atom. The number of aryl methyl sites for hydroxylation is 3. The number of nitrogens with two attached hydrogens (primary N) is 1. The Bertz CT molecular complexity index is 807. The van der Waals surface area contributed by atoms with E-state index in [1.165, 1.54) is 11.1 Å². The highest BCUT2D eigenvalue weighted by molar-refractivity contribution is 5.93. The minimum atomic E-state index is -0.111. The Labute approximate surface area is 128 Å². The molecule has 0 fully saturated rings. The zero-order chi connectivity index (χ0) is 15.7. The van der Waals surface area contributed by atoms with Gasteiger partial charge in [0.15, 0.2) is 0 Å². The second kappa shape index (κ2) is 5.63. The number of guanidine groups is 1. The second-order valence-corrected chi connectivity index (χ2v) is 5.59. The zero-order valence-electron chi connectivity index (χ0n) is 12.7. The fourth-order valence-electron chi connectivity index (χ4n) is 2.59. The average molecular weight is 297 g/mol. The molecule has 6 heteroatoms. The summed E-state index contributed by atoms with van der Waals surface area (Å²) in [6, 6.07) is 5.95. The topological polar surface area (TPSA) is 96.2 Å². The van der Waals surface area contributed by atoms with Crippen molar-refractivity contribution in [3.8, 4) is 0 Å². The van der Waals surface area contributed by atoms with E-state index in [0.717, 1.165) is 36.2 Å². The van der Waals surface area contributed by atoms with Crippen molar-refractivity contribution >= 4 is 17.6 Å². The Morgan fingerprint density at radius 2 is 2.14 bits per heavy atom. The van der Waals surface area contributed by atoms with Crippen LogP contribution in [0.1, 0.15) is 28.8 Å². The molecule has 0 spiro atoms. The molecule has 0 amide bonds. The second-order valence-electron chi connectivity index (χ2n) is 5.59. The third-order valence-corrected chi connectivity index (χ3v) is 3.93. The number of aromatic amines is 1. The highest BCUT2D eigenvalue weighted by Crippen LogP contribution is 2.18. The molecule has 1 aliphatic carbocycles. The molecule has 0 aliphatic heterocycles. The van der Waals surface area contributed by atoms with Crippen molar-refractivity contribution < 1.29 is 0 Å². The SMILES string of the molecule is Cc1ccc(NC(N)=Nc2nc3c(c(=O)[nH]2)CCC3)cc1C. The van der Waals surface area contributed by atoms with Crippen LogP contribution in [0, 0.1) is 13.8 Å². The van der Waals surface area contributed by atoms with Crippen LogP contribution < -0.4 is 16.6 Å². The average Bonchev–Trinajstić information content (AvgIpc) is 2.91. The summed E-state index contributed by atoms with van der Waals surface area (Å²) in [7, 11) is 0. The van der Waals surface area contributed by atoms with Gasteiger partial charge in [-0.05, 0) is 56.4 Å². The van der Waals surface area contributed by atoms with Crippen LogP contribution in [0.3, 0.4) is 0 Å². The summed E-state index contributed by atoms with van der Waals surface area (Å²) < 4.78 is 0. The maximum atomic E-state index is 11.9. The highest BCUT2D eigenvalue weighted by Gasteiger charge is 2.16. The Kier molecular flexibility index (Phi) is 3.66. The van der Waals surface area contributed by atoms with Gasteiger partial charge < -0.3 is 11.1 Å². The van der Waals surface area contributed by atoms with Crippen LogP contribution in [-0.2, 0) is 12.8 Å². The van der Waals surface area contributed by atoms with Gasteiger partial charge in [0, 0.05) is 11.3 Å². The van der Waals surface area contributed by atoms with Crippen molar-refractivity contribution in [3.05, 3.63) is 50.9 Å². The number of H-pyrrole nitrogens is 1. The first kappa shape index (κ1) is 14.3. The van der Waals surface area contributed by atoms with Gasteiger partial charge in [-0.1, -0.05) is 6.07 Å². The molecular formula is C16H19N5O. The van der Waals surface area contributed by atoms with Crippen LogP contribution in [0.15, 0.2) is 28.0 Å². The predicted molar refractivity (Wildman–Crippen MR) is 87.7 cm³/mol. The van der Waals surface area contributed by atoms with E-state index in [4.69, 9.17) is 5.73 Å². The Morgan fingerprint density at radius 1 is 1.32 bits per heavy atom. The van der Waals surface area contributed by atoms with Crippen LogP contribution in [0.2, 0.25) is 0 Å². The summed E-state index contributed by atoms with van der Waals surface area (Å²) in [6.45, 7) is 4.09. The first-order valence-electron chi connectivity index (χ1n) is 7.33. The Balaban J connectivity index is 1.84. The van der Waals surface area contributed by atoms with Crippen LogP contribution in [-0.4, -0.2) is 15.9 Å². The molecule has 1 aromatic heterocycles. The van der Waals surface area contributed by atoms with Gasteiger partial charge in [-0.15, -0.1) is 0 Å². The lowest BCUT2D eigenvalue weighted by atomic mass is 10.1. The molecule has 4 N–H and O–H groups in total. The molecule has 0 bridgehead atoms. The molecule has 0 radical (unpaired) electrons. The van der Waals surface area contributed by atoms with Crippen LogP contribution in [0.5, 0.6) is 0 Å². The zero-order valence-corrected chi connectivity index (χ0v) is 12.7. The summed E-state index contributed by atoms with van der Waals surface area (Å²) in [5.74, 6) is 0.448. The minimum Gasteiger partial charge on any atom is -0.369 e. The number of aromatic nitrogens is 2. The molecule has 1 heterocycles. The van der Waals surface area contributed by atoms with Gasteiger partial charge in [0.05, 0.1) is 5.69 Å².